The smallest absolute Gasteiger partial charge is 0.292 e. The fraction of sp³-hybridized carbons (Fsp3) is 0.200. The van der Waals surface area contributed by atoms with Crippen LogP contribution in [0.15, 0.2) is 69.9 Å². The number of rotatable bonds is 4. The van der Waals surface area contributed by atoms with Crippen LogP contribution in [0.1, 0.15) is 22.5 Å². The molecule has 3 atom stereocenters. The van der Waals surface area contributed by atoms with Crippen molar-refractivity contribution in [2.24, 2.45) is 5.92 Å². The van der Waals surface area contributed by atoms with Crippen LogP contribution in [0.4, 0.5) is 15.9 Å². The van der Waals surface area contributed by atoms with Gasteiger partial charge in [-0.25, -0.2) is 14.5 Å². The molecule has 2 aromatic heterocycles. The van der Waals surface area contributed by atoms with Crippen molar-refractivity contribution in [2.75, 3.05) is 16.9 Å². The highest BCUT2D eigenvalue weighted by atomic mass is 19.1. The Morgan fingerprint density at radius 2 is 1.92 bits per heavy atom. The van der Waals surface area contributed by atoms with Crippen molar-refractivity contribution in [3.8, 4) is 0 Å². The molecule has 4 heterocycles. The summed E-state index contributed by atoms with van der Waals surface area (Å²) in [5.41, 5.74) is 4.42. The van der Waals surface area contributed by atoms with Crippen LogP contribution in [0.5, 0.6) is 0 Å². The molecule has 0 spiro atoms. The Hall–Kier alpha value is -4.55. The number of nitrogens with zero attached hydrogens (tertiary/aromatic N) is 3. The Kier molecular flexibility index (Phi) is 5.46. The highest BCUT2D eigenvalue weighted by molar-refractivity contribution is 6.02. The maximum atomic E-state index is 13.4. The lowest BCUT2D eigenvalue weighted by molar-refractivity contribution is -0.129. The van der Waals surface area contributed by atoms with Crippen LogP contribution in [-0.2, 0) is 4.79 Å². The summed E-state index contributed by atoms with van der Waals surface area (Å²) in [6.07, 6.45) is -1.26. The molecule has 4 aromatic rings. The number of para-hydroxylation sites is 1. The van der Waals surface area contributed by atoms with E-state index in [9.17, 15) is 18.8 Å². The Morgan fingerprint density at radius 3 is 2.73 bits per heavy atom. The molecule has 11 nitrogen and oxygen atoms in total. The van der Waals surface area contributed by atoms with E-state index in [0.717, 1.165) is 6.07 Å². The minimum Gasteiger partial charge on any atom is -0.451 e. The Balaban J connectivity index is 1.27. The number of hydrazine groups is 1. The quantitative estimate of drug-likeness (QED) is 0.332. The average molecular weight is 503 g/mol. The Bertz CT molecular complexity index is 1580. The summed E-state index contributed by atoms with van der Waals surface area (Å²) in [5.74, 6) is -1.49. The molecule has 2 aromatic carbocycles. The van der Waals surface area contributed by atoms with Gasteiger partial charge in [0.2, 0.25) is 5.91 Å². The van der Waals surface area contributed by atoms with Gasteiger partial charge in [-0.15, -0.1) is 0 Å². The van der Waals surface area contributed by atoms with Gasteiger partial charge in [0.15, 0.2) is 17.5 Å². The van der Waals surface area contributed by atoms with Crippen LogP contribution in [0.25, 0.3) is 11.0 Å². The lowest BCUT2D eigenvalue weighted by Crippen LogP contribution is -2.61. The molecule has 2 saturated heterocycles. The third kappa shape index (κ3) is 4.11. The molecule has 2 aliphatic heterocycles. The first-order valence-corrected chi connectivity index (χ1v) is 11.6. The van der Waals surface area contributed by atoms with Crippen molar-refractivity contribution in [1.29, 1.82) is 0 Å². The lowest BCUT2D eigenvalue weighted by atomic mass is 10.0. The van der Waals surface area contributed by atoms with E-state index in [1.807, 2.05) is 0 Å². The maximum absolute atomic E-state index is 13.4. The van der Waals surface area contributed by atoms with E-state index < -0.39 is 24.3 Å². The van der Waals surface area contributed by atoms with Crippen LogP contribution in [0, 0.1) is 18.7 Å². The number of aryl methyl sites for hydroxylation is 1. The van der Waals surface area contributed by atoms with Gasteiger partial charge in [0, 0.05) is 18.7 Å². The molecule has 4 N–H and O–H groups in total. The van der Waals surface area contributed by atoms with Gasteiger partial charge in [0.05, 0.1) is 22.7 Å². The van der Waals surface area contributed by atoms with Crippen LogP contribution in [-0.4, -0.2) is 34.3 Å². The molecule has 2 amide bonds. The van der Waals surface area contributed by atoms with E-state index in [0.29, 0.717) is 28.9 Å². The first-order chi connectivity index (χ1) is 17.9. The largest absolute Gasteiger partial charge is 0.451 e. The molecule has 6 rings (SSSR count). The van der Waals surface area contributed by atoms with Gasteiger partial charge in [0.1, 0.15) is 23.4 Å². The highest BCUT2D eigenvalue weighted by Crippen LogP contribution is 2.28. The normalized spacial score (nSPS) is 21.1. The topological polar surface area (TPSA) is 134 Å². The van der Waals surface area contributed by atoms with Gasteiger partial charge in [-0.2, -0.15) is 5.10 Å². The first kappa shape index (κ1) is 22.9. The van der Waals surface area contributed by atoms with Crippen LogP contribution in [0.2, 0.25) is 0 Å². The van der Waals surface area contributed by atoms with Gasteiger partial charge < -0.3 is 15.1 Å². The summed E-state index contributed by atoms with van der Waals surface area (Å²) >= 11 is 0. The summed E-state index contributed by atoms with van der Waals surface area (Å²) in [4.78, 5) is 38.4. The molecule has 12 heteroatoms. The van der Waals surface area contributed by atoms with E-state index in [4.69, 9.17) is 4.42 Å². The Labute approximate surface area is 209 Å². The lowest BCUT2D eigenvalue weighted by Gasteiger charge is -2.37. The fourth-order valence-corrected chi connectivity index (χ4v) is 4.64. The van der Waals surface area contributed by atoms with Gasteiger partial charge in [0.25, 0.3) is 5.91 Å². The molecular formula is C25H22FN7O4. The molecular weight excluding hydrogens is 481 g/mol. The third-order valence-electron chi connectivity index (χ3n) is 6.39. The van der Waals surface area contributed by atoms with Crippen molar-refractivity contribution in [2.45, 2.75) is 19.4 Å². The van der Waals surface area contributed by atoms with Gasteiger partial charge >= 0.3 is 0 Å². The zero-order valence-electron chi connectivity index (χ0n) is 19.6. The van der Waals surface area contributed by atoms with Crippen LogP contribution >= 0.6 is 0 Å². The van der Waals surface area contributed by atoms with Gasteiger partial charge in [-0.3, -0.25) is 24.7 Å². The van der Waals surface area contributed by atoms with Crippen molar-refractivity contribution in [3.05, 3.63) is 88.2 Å². The van der Waals surface area contributed by atoms with Crippen molar-refractivity contribution < 1.29 is 18.4 Å². The van der Waals surface area contributed by atoms with Crippen molar-refractivity contribution in [1.82, 2.24) is 25.8 Å². The number of benzene rings is 2. The molecule has 2 aliphatic rings. The zero-order chi connectivity index (χ0) is 25.7. The monoisotopic (exact) mass is 503 g/mol. The standard InChI is InChI=1S/C25H22FN7O4/c1-13-10-21(28-24(36)20-11-18(34)16-4-2-3-5-19(16)37-20)33(31-13)25-29-22-17(23(35)30-25)12-27-32(22)15-8-6-14(26)7-9-15/h2-11,17,22,25,27,29H,12H2,1H3,(H,28,36)(H,30,35). The molecule has 2 fully saturated rings. The van der Waals surface area contributed by atoms with Crippen LogP contribution < -0.4 is 31.8 Å². The minimum atomic E-state index is -0.802. The van der Waals surface area contributed by atoms with Crippen molar-refractivity contribution >= 4 is 34.3 Å². The Morgan fingerprint density at radius 1 is 1.14 bits per heavy atom. The predicted octanol–water partition coefficient (Wildman–Crippen LogP) is 1.83. The van der Waals surface area contributed by atoms with E-state index in [2.05, 4.69) is 26.5 Å². The number of carbonyl (C=O) groups excluding carboxylic acids is 2. The predicted molar refractivity (Wildman–Crippen MR) is 132 cm³/mol. The summed E-state index contributed by atoms with van der Waals surface area (Å²) in [5, 5.41) is 15.5. The minimum absolute atomic E-state index is 0.155. The number of hydrogen-bond donors (Lipinski definition) is 4. The van der Waals surface area contributed by atoms with E-state index in [1.165, 1.54) is 16.8 Å². The molecule has 0 radical (unpaired) electrons. The molecule has 188 valence electrons. The second-order valence-corrected chi connectivity index (χ2v) is 8.88. The number of fused-ring (bicyclic) bond motifs is 2. The number of carbonyl (C=O) groups is 2. The maximum Gasteiger partial charge on any atom is 0.292 e. The first-order valence-electron chi connectivity index (χ1n) is 11.6. The number of anilines is 2. The summed E-state index contributed by atoms with van der Waals surface area (Å²) in [7, 11) is 0. The van der Waals surface area contributed by atoms with E-state index in [1.54, 1.807) is 54.4 Å². The number of aromatic nitrogens is 2. The summed E-state index contributed by atoms with van der Waals surface area (Å²) in [6.45, 7) is 2.13. The van der Waals surface area contributed by atoms with Crippen molar-refractivity contribution in [3.63, 3.8) is 0 Å². The van der Waals surface area contributed by atoms with Gasteiger partial charge in [-0.05, 0) is 43.3 Å². The second kappa shape index (κ2) is 8.84. The van der Waals surface area contributed by atoms with Crippen LogP contribution in [0.3, 0.4) is 0 Å². The molecule has 0 aliphatic carbocycles. The second-order valence-electron chi connectivity index (χ2n) is 8.88. The molecule has 0 bridgehead atoms. The summed E-state index contributed by atoms with van der Waals surface area (Å²) < 4.78 is 20.5. The third-order valence-corrected chi connectivity index (χ3v) is 6.39. The SMILES string of the molecule is Cc1cc(NC(=O)c2cc(=O)c3ccccc3o2)n(C2NC(=O)C3CNN(c4ccc(F)cc4)C3N2)n1. The number of nitrogens with one attached hydrogen (secondary N) is 4. The average Bonchev–Trinajstić information content (AvgIpc) is 3.48. The number of halogens is 1. The number of amides is 2. The number of hydrogen-bond acceptors (Lipinski definition) is 8. The summed E-state index contributed by atoms with van der Waals surface area (Å²) in [6, 6.07) is 15.4. The molecule has 0 saturated carbocycles. The van der Waals surface area contributed by atoms with E-state index in [-0.39, 0.29) is 28.7 Å². The zero-order valence-corrected chi connectivity index (χ0v) is 19.6. The molecule has 37 heavy (non-hydrogen) atoms. The highest BCUT2D eigenvalue weighted by Gasteiger charge is 2.45. The fourth-order valence-electron chi connectivity index (χ4n) is 4.64. The molecule has 3 unspecified atom stereocenters. The van der Waals surface area contributed by atoms with E-state index >= 15 is 0 Å². The van der Waals surface area contributed by atoms with Gasteiger partial charge in [-0.1, -0.05) is 12.1 Å².